The number of aromatic nitrogens is 8. The van der Waals surface area contributed by atoms with Gasteiger partial charge in [0.05, 0.1) is 18.3 Å². The third-order valence-electron chi connectivity index (χ3n) is 14.8. The van der Waals surface area contributed by atoms with Crippen LogP contribution in [-0.2, 0) is 20.9 Å². The van der Waals surface area contributed by atoms with Crippen molar-refractivity contribution < 1.29 is 19.5 Å². The van der Waals surface area contributed by atoms with Crippen LogP contribution in [0.4, 0.5) is 34.6 Å². The Balaban J connectivity index is 0.000000165. The lowest BCUT2D eigenvalue weighted by molar-refractivity contribution is -0.140. The van der Waals surface area contributed by atoms with E-state index in [0.29, 0.717) is 84.0 Å². The van der Waals surface area contributed by atoms with E-state index in [2.05, 4.69) is 78.5 Å². The maximum absolute atomic E-state index is 12.7. The highest BCUT2D eigenvalue weighted by Crippen LogP contribution is 2.59. The largest absolute Gasteiger partial charge is 0.481 e. The minimum Gasteiger partial charge on any atom is -0.481 e. The zero-order valence-corrected chi connectivity index (χ0v) is 42.1. The fourth-order valence-electron chi connectivity index (χ4n) is 10.7. The van der Waals surface area contributed by atoms with E-state index in [1.807, 2.05) is 72.0 Å². The first-order valence-corrected chi connectivity index (χ1v) is 26.2. The van der Waals surface area contributed by atoms with E-state index in [1.54, 1.807) is 11.3 Å². The molecule has 7 N–H and O–H groups in total. The van der Waals surface area contributed by atoms with Crippen molar-refractivity contribution >= 4 is 85.6 Å². The first kappa shape index (κ1) is 49.9. The van der Waals surface area contributed by atoms with Crippen LogP contribution < -0.4 is 42.2 Å². The van der Waals surface area contributed by atoms with E-state index in [4.69, 9.17) is 4.98 Å². The van der Waals surface area contributed by atoms with Crippen LogP contribution in [0.2, 0.25) is 0 Å². The average molecular weight is 1020 g/mol. The summed E-state index contributed by atoms with van der Waals surface area (Å²) in [6, 6.07) is 18.1. The molecule has 1 aliphatic carbocycles. The van der Waals surface area contributed by atoms with Gasteiger partial charge in [0, 0.05) is 99.8 Å². The summed E-state index contributed by atoms with van der Waals surface area (Å²) in [4.78, 5) is 85.8. The highest BCUT2D eigenvalue weighted by atomic mass is 32.1. The number of amides is 2. The van der Waals surface area contributed by atoms with Crippen LogP contribution in [0, 0.1) is 16.7 Å². The number of aliphatic carboxylic acids is 1. The quantitative estimate of drug-likeness (QED) is 0.0799. The molecular weight excluding hydrogens is 963 g/mol. The molecule has 2 spiro atoms. The van der Waals surface area contributed by atoms with Crippen LogP contribution in [0.5, 0.6) is 0 Å². The summed E-state index contributed by atoms with van der Waals surface area (Å²) in [6.07, 6.45) is 7.81. The Morgan fingerprint density at radius 1 is 0.716 bits per heavy atom. The molecule has 1 saturated carbocycles. The molecule has 0 bridgehead atoms. The summed E-state index contributed by atoms with van der Waals surface area (Å²) in [5, 5.41) is 39.1. The van der Waals surface area contributed by atoms with Crippen LogP contribution in [0.3, 0.4) is 0 Å². The number of hydrogen-bond acceptors (Lipinski definition) is 18. The molecule has 4 saturated heterocycles. The number of thiophene rings is 1. The van der Waals surface area contributed by atoms with Gasteiger partial charge in [0.15, 0.2) is 5.82 Å². The lowest BCUT2D eigenvalue weighted by atomic mass is 9.71. The monoisotopic (exact) mass is 1020 g/mol. The molecule has 21 nitrogen and oxygen atoms in total. The van der Waals surface area contributed by atoms with E-state index < -0.39 is 5.97 Å². The van der Waals surface area contributed by atoms with Crippen molar-refractivity contribution in [3.05, 3.63) is 104 Å². The molecule has 22 heteroatoms. The number of carboxylic acid groups (broad SMARTS) is 1. The summed E-state index contributed by atoms with van der Waals surface area (Å²) in [6.45, 7) is 11.9. The molecule has 384 valence electrons. The second-order valence-electron chi connectivity index (χ2n) is 19.5. The second kappa shape index (κ2) is 21.4. The number of piperazine rings is 1. The number of fused-ring (bicyclic) bond motifs is 2. The van der Waals surface area contributed by atoms with Crippen LogP contribution in [0.15, 0.2) is 87.3 Å². The minimum absolute atomic E-state index is 0.0139. The number of carbonyl (C=O) groups excluding carboxylic acids is 2. The van der Waals surface area contributed by atoms with Crippen molar-refractivity contribution in [2.75, 3.05) is 72.8 Å². The Hall–Kier alpha value is -7.69. The molecule has 1 unspecified atom stereocenters. The Labute approximate surface area is 429 Å². The number of imide groups is 1. The molecule has 9 heterocycles. The molecule has 5 aliphatic rings. The number of H-pyrrole nitrogens is 2. The zero-order chi connectivity index (χ0) is 51.4. The van der Waals surface area contributed by atoms with Crippen molar-refractivity contribution in [3.8, 4) is 11.4 Å². The maximum Gasteiger partial charge on any atom is 0.307 e. The van der Waals surface area contributed by atoms with Crippen molar-refractivity contribution in [1.29, 1.82) is 0 Å². The van der Waals surface area contributed by atoms with Gasteiger partial charge in [0.2, 0.25) is 17.8 Å². The van der Waals surface area contributed by atoms with Gasteiger partial charge in [-0.05, 0) is 96.3 Å². The molecule has 5 fully saturated rings. The number of hydrogen-bond donors (Lipinski definition) is 7. The number of piperidine rings is 3. The van der Waals surface area contributed by atoms with Gasteiger partial charge in [-0.3, -0.25) is 34.2 Å². The van der Waals surface area contributed by atoms with Gasteiger partial charge in [0.25, 0.3) is 11.1 Å². The van der Waals surface area contributed by atoms with Gasteiger partial charge in [0.1, 0.15) is 33.4 Å². The summed E-state index contributed by atoms with van der Waals surface area (Å²) in [5.41, 5.74) is 4.75. The standard InChI is InChI=1S/C26H31N9O3.C24H22N6O3S.C2H6/c36-20-13-26(14-21(37)31-20)5-9-35(10-6-26)25-30-19-15-28-33-24(38)22(19)23(32-25)29-18-3-1-17(2-4-18)16-34-11-7-27-8-12-34;31-22-19-18(12-25-29-22)27-20(14-5-10-34-13-14)28-21(19)26-15-1-3-16(4-2-15)30-8-6-24(7-9-30)11-17(24)23(32)33;1-2/h1-4,15,27H,5-14,16H2,(H,33,38)(H,29,30,32)(H,31,36,37);1-5,10,12-13,17H,6-9,11H2,(H,29,31)(H,32,33)(H,26,27,28);1-2H3. The molecule has 5 aromatic heterocycles. The number of nitrogens with one attached hydrogen (secondary N) is 6. The molecule has 2 amide bonds. The average Bonchev–Trinajstić information content (AvgIpc) is 3.82. The van der Waals surface area contributed by atoms with Gasteiger partial charge in [-0.15, -0.1) is 0 Å². The van der Waals surface area contributed by atoms with Crippen molar-refractivity contribution in [1.82, 2.24) is 55.9 Å². The van der Waals surface area contributed by atoms with E-state index >= 15 is 0 Å². The van der Waals surface area contributed by atoms with Crippen molar-refractivity contribution in [2.45, 2.75) is 65.3 Å². The van der Waals surface area contributed by atoms with Crippen molar-refractivity contribution in [2.24, 2.45) is 16.7 Å². The summed E-state index contributed by atoms with van der Waals surface area (Å²) >= 11 is 1.56. The minimum atomic E-state index is -0.655. The molecular formula is C52H59N15O6S. The van der Waals surface area contributed by atoms with Crippen LogP contribution >= 0.6 is 11.3 Å². The Morgan fingerprint density at radius 3 is 1.88 bits per heavy atom. The zero-order valence-electron chi connectivity index (χ0n) is 41.3. The number of rotatable bonds is 10. The fourth-order valence-corrected chi connectivity index (χ4v) is 11.3. The topological polar surface area (TPSA) is 272 Å². The summed E-state index contributed by atoms with van der Waals surface area (Å²) in [7, 11) is 0. The number of nitrogens with zero attached hydrogens (tertiary/aromatic N) is 9. The van der Waals surface area contributed by atoms with Gasteiger partial charge in [-0.25, -0.2) is 25.1 Å². The lowest BCUT2D eigenvalue weighted by Crippen LogP contribution is -2.50. The van der Waals surface area contributed by atoms with E-state index in [0.717, 1.165) is 87.7 Å². The maximum atomic E-state index is 12.7. The Kier molecular flexibility index (Phi) is 14.4. The number of carboxylic acids is 1. The third kappa shape index (κ3) is 10.8. The third-order valence-corrected chi connectivity index (χ3v) is 15.5. The highest BCUT2D eigenvalue weighted by Gasteiger charge is 2.58. The normalized spacial score (nSPS) is 19.0. The van der Waals surface area contributed by atoms with Gasteiger partial charge < -0.3 is 30.9 Å². The van der Waals surface area contributed by atoms with Gasteiger partial charge >= 0.3 is 5.97 Å². The van der Waals surface area contributed by atoms with Crippen molar-refractivity contribution in [3.63, 3.8) is 0 Å². The number of aromatic amines is 2. The Morgan fingerprint density at radius 2 is 1.30 bits per heavy atom. The first-order chi connectivity index (χ1) is 36.0. The molecule has 12 rings (SSSR count). The van der Waals surface area contributed by atoms with Crippen LogP contribution in [0.25, 0.3) is 33.2 Å². The number of benzene rings is 2. The van der Waals surface area contributed by atoms with Crippen LogP contribution in [0.1, 0.15) is 64.4 Å². The highest BCUT2D eigenvalue weighted by molar-refractivity contribution is 7.08. The van der Waals surface area contributed by atoms with Crippen LogP contribution in [-0.4, -0.2) is 120 Å². The molecule has 7 aromatic rings. The number of carbonyl (C=O) groups is 3. The Bertz CT molecular complexity index is 3260. The predicted molar refractivity (Wildman–Crippen MR) is 284 cm³/mol. The summed E-state index contributed by atoms with van der Waals surface area (Å²) in [5.74, 6) is 0.636. The fraction of sp³-hybridized carbons (Fsp3) is 0.404. The number of anilines is 6. The first-order valence-electron chi connectivity index (χ1n) is 25.2. The van der Waals surface area contributed by atoms with E-state index in [1.165, 1.54) is 18.0 Å². The molecule has 74 heavy (non-hydrogen) atoms. The van der Waals surface area contributed by atoms with E-state index in [9.17, 15) is 29.1 Å². The molecule has 2 aromatic carbocycles. The van der Waals surface area contributed by atoms with Gasteiger partial charge in [-0.1, -0.05) is 26.0 Å². The molecule has 1 atom stereocenters. The SMILES string of the molecule is CC.O=C(O)C1CC12CCN(c1ccc(Nc3nc(-c4ccsc4)nc4cn[nH]c(=O)c34)cc1)CC2.O=C1CC2(CCN(c3nc(Nc4ccc(CN5CCNCC5)cc4)c4c(=O)[nH]ncc4n3)CC2)CC(=O)N1. The molecule has 4 aliphatic heterocycles. The van der Waals surface area contributed by atoms with E-state index in [-0.39, 0.29) is 39.7 Å². The predicted octanol–water partition coefficient (Wildman–Crippen LogP) is 5.79. The second-order valence-corrected chi connectivity index (χ2v) is 20.3. The smallest absolute Gasteiger partial charge is 0.307 e. The molecule has 0 radical (unpaired) electrons. The van der Waals surface area contributed by atoms with Gasteiger partial charge in [-0.2, -0.15) is 26.5 Å². The lowest BCUT2D eigenvalue weighted by Gasteiger charge is -2.43. The summed E-state index contributed by atoms with van der Waals surface area (Å²) < 4.78 is 0.